The largest absolute Gasteiger partial charge is 0.480 e. The smallest absolute Gasteiger partial charge is 0.323 e. The van der Waals surface area contributed by atoms with Gasteiger partial charge in [-0.2, -0.15) is 5.10 Å². The van der Waals surface area contributed by atoms with Crippen molar-refractivity contribution in [2.24, 2.45) is 0 Å². The van der Waals surface area contributed by atoms with E-state index in [1.54, 1.807) is 6.92 Å². The Hall–Kier alpha value is -2.18. The van der Waals surface area contributed by atoms with Gasteiger partial charge in [-0.1, -0.05) is 0 Å². The van der Waals surface area contributed by atoms with E-state index in [1.165, 1.54) is 6.07 Å². The van der Waals surface area contributed by atoms with Crippen molar-refractivity contribution in [2.75, 3.05) is 13.1 Å². The number of H-pyrrole nitrogens is 1. The van der Waals surface area contributed by atoms with Crippen molar-refractivity contribution < 1.29 is 14.7 Å². The van der Waals surface area contributed by atoms with Crippen LogP contribution in [0.15, 0.2) is 16.9 Å². The Balaban J connectivity index is 2.86. The summed E-state index contributed by atoms with van der Waals surface area (Å²) < 4.78 is 0. The molecule has 86 valence electrons. The molecule has 16 heavy (non-hydrogen) atoms. The lowest BCUT2D eigenvalue weighted by molar-refractivity contribution is -0.137. The molecule has 0 radical (unpaired) electrons. The van der Waals surface area contributed by atoms with Gasteiger partial charge in [-0.25, -0.2) is 5.10 Å². The van der Waals surface area contributed by atoms with Gasteiger partial charge >= 0.3 is 5.97 Å². The van der Waals surface area contributed by atoms with Gasteiger partial charge in [0.05, 0.1) is 0 Å². The number of carboxylic acids is 1. The van der Waals surface area contributed by atoms with E-state index in [2.05, 4.69) is 10.2 Å². The minimum atomic E-state index is -1.10. The number of hydrogen-bond acceptors (Lipinski definition) is 4. The summed E-state index contributed by atoms with van der Waals surface area (Å²) in [6.07, 6.45) is 0. The van der Waals surface area contributed by atoms with Gasteiger partial charge in [0.15, 0.2) is 0 Å². The molecular formula is C9H11N3O4. The maximum atomic E-state index is 11.7. The molecule has 1 heterocycles. The van der Waals surface area contributed by atoms with Gasteiger partial charge in [0.1, 0.15) is 12.2 Å². The number of aromatic amines is 1. The summed E-state index contributed by atoms with van der Waals surface area (Å²) in [5.41, 5.74) is -0.402. The van der Waals surface area contributed by atoms with E-state index in [1.807, 2.05) is 0 Å². The van der Waals surface area contributed by atoms with Crippen molar-refractivity contribution >= 4 is 11.9 Å². The second-order valence-corrected chi connectivity index (χ2v) is 3.02. The number of amides is 1. The quantitative estimate of drug-likeness (QED) is 0.706. The van der Waals surface area contributed by atoms with Crippen molar-refractivity contribution in [2.45, 2.75) is 6.92 Å². The maximum Gasteiger partial charge on any atom is 0.323 e. The third kappa shape index (κ3) is 2.91. The van der Waals surface area contributed by atoms with Crippen molar-refractivity contribution in [3.05, 3.63) is 28.2 Å². The second-order valence-electron chi connectivity index (χ2n) is 3.02. The van der Waals surface area contributed by atoms with E-state index in [4.69, 9.17) is 5.11 Å². The Labute approximate surface area is 90.7 Å². The molecule has 7 heteroatoms. The number of likely N-dealkylation sites (N-methyl/N-ethyl adjacent to an activating group) is 1. The molecule has 1 aromatic heterocycles. The second kappa shape index (κ2) is 5.06. The molecule has 7 nitrogen and oxygen atoms in total. The number of aromatic nitrogens is 2. The number of aliphatic carboxylic acids is 1. The fourth-order valence-electron chi connectivity index (χ4n) is 1.12. The number of hydrogen-bond donors (Lipinski definition) is 2. The highest BCUT2D eigenvalue weighted by Gasteiger charge is 2.17. The Morgan fingerprint density at radius 1 is 1.50 bits per heavy atom. The van der Waals surface area contributed by atoms with Crippen LogP contribution in [-0.2, 0) is 4.79 Å². The molecule has 0 saturated carbocycles. The topological polar surface area (TPSA) is 103 Å². The molecule has 1 aromatic rings. The fraction of sp³-hybridized carbons (Fsp3) is 0.333. The first-order chi connectivity index (χ1) is 7.54. The van der Waals surface area contributed by atoms with Gasteiger partial charge in [0.25, 0.3) is 11.5 Å². The normalized spacial score (nSPS) is 9.81. The van der Waals surface area contributed by atoms with Crippen LogP contribution in [0.3, 0.4) is 0 Å². The minimum Gasteiger partial charge on any atom is -0.480 e. The third-order valence-corrected chi connectivity index (χ3v) is 1.89. The van der Waals surface area contributed by atoms with Gasteiger partial charge < -0.3 is 10.0 Å². The average molecular weight is 225 g/mol. The van der Waals surface area contributed by atoms with E-state index in [0.29, 0.717) is 0 Å². The summed E-state index contributed by atoms with van der Waals surface area (Å²) in [7, 11) is 0. The van der Waals surface area contributed by atoms with E-state index in [0.717, 1.165) is 11.0 Å². The molecule has 1 rings (SSSR count). The predicted octanol–water partition coefficient (Wildman–Crippen LogP) is -0.683. The van der Waals surface area contributed by atoms with Gasteiger partial charge in [-0.3, -0.25) is 14.4 Å². The lowest BCUT2D eigenvalue weighted by atomic mass is 10.3. The summed E-state index contributed by atoms with van der Waals surface area (Å²) in [5.74, 6) is -1.62. The van der Waals surface area contributed by atoms with Crippen LogP contribution >= 0.6 is 0 Å². The first-order valence-electron chi connectivity index (χ1n) is 4.61. The van der Waals surface area contributed by atoms with Crippen LogP contribution in [0.5, 0.6) is 0 Å². The van der Waals surface area contributed by atoms with Crippen molar-refractivity contribution in [3.63, 3.8) is 0 Å². The summed E-state index contributed by atoms with van der Waals surface area (Å²) in [4.78, 5) is 34.0. The molecule has 0 unspecified atom stereocenters. The van der Waals surface area contributed by atoms with E-state index >= 15 is 0 Å². The van der Waals surface area contributed by atoms with Crippen molar-refractivity contribution in [1.29, 1.82) is 0 Å². The summed E-state index contributed by atoms with van der Waals surface area (Å²) in [6.45, 7) is 1.52. The van der Waals surface area contributed by atoms with Gasteiger partial charge in [-0.15, -0.1) is 0 Å². The standard InChI is InChI=1S/C9H11N3O4/c1-2-12(5-8(14)15)9(16)6-3-4-7(13)11-10-6/h3-4H,2,5H2,1H3,(H,11,13)(H,14,15). The monoisotopic (exact) mass is 225 g/mol. The van der Waals surface area contributed by atoms with Gasteiger partial charge in [0.2, 0.25) is 0 Å². The highest BCUT2D eigenvalue weighted by Crippen LogP contribution is 1.98. The van der Waals surface area contributed by atoms with E-state index in [9.17, 15) is 14.4 Å². The molecule has 0 saturated heterocycles. The Bertz CT molecular complexity index is 434. The Morgan fingerprint density at radius 2 is 2.19 bits per heavy atom. The highest BCUT2D eigenvalue weighted by molar-refractivity contribution is 5.93. The van der Waals surface area contributed by atoms with Crippen LogP contribution in [0.25, 0.3) is 0 Å². The number of rotatable bonds is 4. The Morgan fingerprint density at radius 3 is 2.62 bits per heavy atom. The van der Waals surface area contributed by atoms with E-state index < -0.39 is 24.0 Å². The van der Waals surface area contributed by atoms with Crippen LogP contribution in [0.1, 0.15) is 17.4 Å². The number of carbonyl (C=O) groups excluding carboxylic acids is 1. The molecule has 2 N–H and O–H groups in total. The molecule has 0 spiro atoms. The summed E-state index contributed by atoms with van der Waals surface area (Å²) in [6, 6.07) is 2.42. The molecule has 0 aliphatic carbocycles. The number of nitrogens with zero attached hydrogens (tertiary/aromatic N) is 2. The first kappa shape index (κ1) is 11.9. The summed E-state index contributed by atoms with van der Waals surface area (Å²) >= 11 is 0. The highest BCUT2D eigenvalue weighted by atomic mass is 16.4. The van der Waals surface area contributed by atoms with Crippen molar-refractivity contribution in [1.82, 2.24) is 15.1 Å². The zero-order valence-electron chi connectivity index (χ0n) is 8.64. The molecule has 0 aromatic carbocycles. The number of nitrogens with one attached hydrogen (secondary N) is 1. The lowest BCUT2D eigenvalue weighted by Gasteiger charge is -2.17. The van der Waals surface area contributed by atoms with Crippen LogP contribution in [-0.4, -0.2) is 45.2 Å². The van der Waals surface area contributed by atoms with Crippen molar-refractivity contribution in [3.8, 4) is 0 Å². The third-order valence-electron chi connectivity index (χ3n) is 1.89. The Kier molecular flexibility index (Phi) is 3.76. The minimum absolute atomic E-state index is 0.0164. The zero-order chi connectivity index (χ0) is 12.1. The van der Waals surface area contributed by atoms with E-state index in [-0.39, 0.29) is 12.2 Å². The average Bonchev–Trinajstić information content (AvgIpc) is 2.25. The zero-order valence-corrected chi connectivity index (χ0v) is 8.64. The van der Waals surface area contributed by atoms with Gasteiger partial charge in [-0.05, 0) is 13.0 Å². The molecular weight excluding hydrogens is 214 g/mol. The SMILES string of the molecule is CCN(CC(=O)O)C(=O)c1ccc(=O)[nH]n1. The van der Waals surface area contributed by atoms with Crippen LogP contribution < -0.4 is 5.56 Å². The van der Waals surface area contributed by atoms with Gasteiger partial charge in [0, 0.05) is 12.6 Å². The maximum absolute atomic E-state index is 11.7. The molecule has 0 aliphatic heterocycles. The molecule has 0 fully saturated rings. The van der Waals surface area contributed by atoms with Crippen LogP contribution in [0, 0.1) is 0 Å². The first-order valence-corrected chi connectivity index (χ1v) is 4.61. The molecule has 0 aliphatic rings. The molecule has 0 bridgehead atoms. The summed E-state index contributed by atoms with van der Waals surface area (Å²) in [5, 5.41) is 14.2. The fourth-order valence-corrected chi connectivity index (χ4v) is 1.12. The van der Waals surface area contributed by atoms with Crippen LogP contribution in [0.2, 0.25) is 0 Å². The molecule has 1 amide bonds. The number of carboxylic acid groups (broad SMARTS) is 1. The predicted molar refractivity (Wildman–Crippen MR) is 54.1 cm³/mol. The van der Waals surface area contributed by atoms with Crippen LogP contribution in [0.4, 0.5) is 0 Å². The molecule has 0 atom stereocenters. The lowest BCUT2D eigenvalue weighted by Crippen LogP contribution is -2.36. The number of carbonyl (C=O) groups is 2.